The average Bonchev–Trinajstić information content (AvgIpc) is 3.79. The van der Waals surface area contributed by atoms with Gasteiger partial charge in [-0.2, -0.15) is 15.1 Å². The molecule has 3 fully saturated rings. The lowest BCUT2D eigenvalue weighted by molar-refractivity contribution is -0.0272. The number of hydrogen-bond donors (Lipinski definition) is 2. The van der Waals surface area contributed by atoms with Crippen LogP contribution in [0.1, 0.15) is 64.0 Å². The number of nitrogens with zero attached hydrogens (tertiary/aromatic N) is 6. The Morgan fingerprint density at radius 2 is 1.91 bits per heavy atom. The van der Waals surface area contributed by atoms with E-state index >= 15 is 4.39 Å². The number of fused-ring (bicyclic) bond motifs is 8. The summed E-state index contributed by atoms with van der Waals surface area (Å²) in [6.07, 6.45) is 8.07. The van der Waals surface area contributed by atoms with E-state index in [0.717, 1.165) is 60.8 Å². The first kappa shape index (κ1) is 31.5. The predicted octanol–water partition coefficient (Wildman–Crippen LogP) is 5.27. The van der Waals surface area contributed by atoms with Crippen molar-refractivity contribution in [3.63, 3.8) is 0 Å². The van der Waals surface area contributed by atoms with Crippen molar-refractivity contribution in [3.8, 4) is 17.3 Å². The van der Waals surface area contributed by atoms with Crippen LogP contribution < -0.4 is 15.0 Å². The predicted molar refractivity (Wildman–Crippen MR) is 176 cm³/mol. The lowest BCUT2D eigenvalue weighted by Gasteiger charge is -2.40. The Hall–Kier alpha value is -4.10. The smallest absolute Gasteiger partial charge is 0.461 e. The fourth-order valence-electron chi connectivity index (χ4n) is 7.85. The van der Waals surface area contributed by atoms with E-state index in [9.17, 15) is 4.79 Å². The molecule has 6 bridgehead atoms. The Balaban J connectivity index is 0.00000172. The largest absolute Gasteiger partial charge is 0.508 e. The topological polar surface area (TPSA) is 131 Å². The van der Waals surface area contributed by atoms with Crippen molar-refractivity contribution in [2.24, 2.45) is 0 Å². The molecule has 4 aromatic rings. The van der Waals surface area contributed by atoms with Crippen molar-refractivity contribution in [2.45, 2.75) is 77.4 Å². The van der Waals surface area contributed by atoms with Gasteiger partial charge in [-0.3, -0.25) is 20.3 Å². The Kier molecular flexibility index (Phi) is 8.37. The number of H-pyrrole nitrogens is 1. The van der Waals surface area contributed by atoms with Crippen LogP contribution in [0.4, 0.5) is 15.0 Å². The molecule has 0 amide bonds. The molecule has 0 radical (unpaired) electrons. The SMILES string of the molecule is CC.Cc1cc2[nH]ncc2c2c1CCCOC(=O)OC1(C)CNCN(C1)c1nc(OCC34CCCN3CCC4)nc3c(F)c-2ncc13. The number of pyridine rings is 1. The van der Waals surface area contributed by atoms with Gasteiger partial charge in [0.15, 0.2) is 5.82 Å². The number of carbonyl (C=O) groups excluding carboxylic acids is 1. The molecule has 3 aromatic heterocycles. The summed E-state index contributed by atoms with van der Waals surface area (Å²) in [5.74, 6) is -0.0834. The van der Waals surface area contributed by atoms with Crippen LogP contribution in [0, 0.1) is 12.7 Å². The maximum absolute atomic E-state index is 17.0. The number of aromatic amines is 1. The van der Waals surface area contributed by atoms with Gasteiger partial charge in [-0.05, 0) is 82.7 Å². The molecule has 2 N–H and O–H groups in total. The van der Waals surface area contributed by atoms with Crippen LogP contribution in [-0.4, -0.2) is 93.4 Å². The summed E-state index contributed by atoms with van der Waals surface area (Å²) in [6.45, 7) is 11.7. The molecule has 12 nitrogen and oxygen atoms in total. The van der Waals surface area contributed by atoms with E-state index in [1.165, 1.54) is 0 Å². The van der Waals surface area contributed by atoms with Crippen LogP contribution in [0.5, 0.6) is 6.01 Å². The molecular weight excluding hydrogens is 603 g/mol. The Morgan fingerprint density at radius 3 is 2.72 bits per heavy atom. The molecule has 8 heterocycles. The Morgan fingerprint density at radius 1 is 1.11 bits per heavy atom. The minimum absolute atomic E-state index is 0.0308. The first-order valence-corrected chi connectivity index (χ1v) is 16.8. The normalized spacial score (nSPS) is 22.5. The molecule has 5 aliphatic rings. The molecule has 0 saturated carbocycles. The quantitative estimate of drug-likeness (QED) is 0.282. The third kappa shape index (κ3) is 5.62. The highest BCUT2D eigenvalue weighted by molar-refractivity contribution is 5.99. The van der Waals surface area contributed by atoms with Crippen LogP contribution in [0.3, 0.4) is 0 Å². The molecular formula is C34H43FN8O4. The minimum Gasteiger partial charge on any atom is -0.461 e. The number of hydrogen-bond acceptors (Lipinski definition) is 11. The maximum Gasteiger partial charge on any atom is 0.508 e. The molecule has 5 aliphatic heterocycles. The van der Waals surface area contributed by atoms with Gasteiger partial charge in [0, 0.05) is 23.7 Å². The second-order valence-corrected chi connectivity index (χ2v) is 13.1. The monoisotopic (exact) mass is 646 g/mol. The van der Waals surface area contributed by atoms with Gasteiger partial charge in [0.25, 0.3) is 0 Å². The van der Waals surface area contributed by atoms with Gasteiger partial charge in [-0.1, -0.05) is 13.8 Å². The lowest BCUT2D eigenvalue weighted by Crippen LogP contribution is -2.59. The highest BCUT2D eigenvalue weighted by Gasteiger charge is 2.45. The number of benzene rings is 1. The Labute approximate surface area is 273 Å². The van der Waals surface area contributed by atoms with Crippen LogP contribution in [-0.2, 0) is 15.9 Å². The third-order valence-corrected chi connectivity index (χ3v) is 9.99. The van der Waals surface area contributed by atoms with Crippen LogP contribution in [0.15, 0.2) is 18.5 Å². The summed E-state index contributed by atoms with van der Waals surface area (Å²) >= 11 is 0. The first-order chi connectivity index (χ1) is 22.8. The zero-order valence-corrected chi connectivity index (χ0v) is 27.6. The van der Waals surface area contributed by atoms with Crippen molar-refractivity contribution in [1.29, 1.82) is 0 Å². The summed E-state index contributed by atoms with van der Waals surface area (Å²) in [6, 6.07) is 2.12. The molecule has 1 unspecified atom stereocenters. The second kappa shape index (κ2) is 12.5. The highest BCUT2D eigenvalue weighted by Crippen LogP contribution is 2.41. The average molecular weight is 647 g/mol. The van der Waals surface area contributed by atoms with E-state index in [2.05, 4.69) is 20.4 Å². The summed E-state index contributed by atoms with van der Waals surface area (Å²) in [7, 11) is 0. The van der Waals surface area contributed by atoms with E-state index in [-0.39, 0.29) is 29.4 Å². The summed E-state index contributed by atoms with van der Waals surface area (Å²) < 4.78 is 34.7. The van der Waals surface area contributed by atoms with Crippen molar-refractivity contribution in [3.05, 3.63) is 35.4 Å². The van der Waals surface area contributed by atoms with Crippen LogP contribution >= 0.6 is 0 Å². The maximum atomic E-state index is 17.0. The molecule has 3 saturated heterocycles. The number of ether oxygens (including phenoxy) is 3. The van der Waals surface area contributed by atoms with Gasteiger partial charge in [-0.15, -0.1) is 0 Å². The molecule has 250 valence electrons. The van der Waals surface area contributed by atoms with Crippen molar-refractivity contribution in [1.82, 2.24) is 35.4 Å². The number of aromatic nitrogens is 5. The molecule has 13 heteroatoms. The first-order valence-electron chi connectivity index (χ1n) is 16.8. The van der Waals surface area contributed by atoms with Gasteiger partial charge in [-0.25, -0.2) is 9.18 Å². The molecule has 1 aromatic carbocycles. The molecule has 0 aliphatic carbocycles. The van der Waals surface area contributed by atoms with Crippen molar-refractivity contribution >= 4 is 33.8 Å². The third-order valence-electron chi connectivity index (χ3n) is 9.99. The van der Waals surface area contributed by atoms with Crippen LogP contribution in [0.25, 0.3) is 33.1 Å². The molecule has 1 atom stereocenters. The second-order valence-electron chi connectivity index (χ2n) is 13.1. The zero-order valence-electron chi connectivity index (χ0n) is 27.6. The van der Waals surface area contributed by atoms with E-state index in [1.54, 1.807) is 12.4 Å². The van der Waals surface area contributed by atoms with Gasteiger partial charge in [0.2, 0.25) is 0 Å². The summed E-state index contributed by atoms with van der Waals surface area (Å²) in [5.41, 5.74) is 2.67. The van der Waals surface area contributed by atoms with Gasteiger partial charge in [0.1, 0.15) is 29.2 Å². The van der Waals surface area contributed by atoms with Gasteiger partial charge >= 0.3 is 12.2 Å². The minimum atomic E-state index is -0.917. The van der Waals surface area contributed by atoms with Crippen molar-refractivity contribution in [2.75, 3.05) is 51.0 Å². The molecule has 9 rings (SSSR count). The fraction of sp³-hybridized carbons (Fsp3) is 0.559. The number of halogens is 1. The zero-order chi connectivity index (χ0) is 32.8. The number of carbonyl (C=O) groups is 1. The Bertz CT molecular complexity index is 1800. The fourth-order valence-corrected chi connectivity index (χ4v) is 7.85. The van der Waals surface area contributed by atoms with Gasteiger partial charge in [0.05, 0.1) is 42.5 Å². The summed E-state index contributed by atoms with van der Waals surface area (Å²) in [4.78, 5) is 31.5. The number of rotatable bonds is 3. The highest BCUT2D eigenvalue weighted by atomic mass is 19.1. The molecule has 0 spiro atoms. The van der Waals surface area contributed by atoms with Gasteiger partial charge < -0.3 is 19.1 Å². The van der Waals surface area contributed by atoms with E-state index in [0.29, 0.717) is 56.0 Å². The van der Waals surface area contributed by atoms with Crippen molar-refractivity contribution < 1.29 is 23.4 Å². The number of anilines is 1. The standard InChI is InChI=1S/C32H37FN8O4.C2H6/c1-19-12-23-21(14-36-39-23)24-20(19)6-3-11-43-30(42)45-31(2)15-34-18-40(16-31)28-22-13-35-27(24)25(33)26(22)37-29(38-28)44-17-32-7-4-9-41(32)10-5-8-32;1-2/h12-14,34H,3-11,15-18H2,1-2H3,(H,36,39);1-2H3. The lowest BCUT2D eigenvalue weighted by atomic mass is 9.92. The number of nitrogens with one attached hydrogen (secondary N) is 2. The van der Waals surface area contributed by atoms with E-state index in [4.69, 9.17) is 29.2 Å². The molecule has 47 heavy (non-hydrogen) atoms. The van der Waals surface area contributed by atoms with Crippen LogP contribution in [0.2, 0.25) is 0 Å². The number of aryl methyl sites for hydroxylation is 1. The van der Waals surface area contributed by atoms with E-state index < -0.39 is 17.6 Å². The summed E-state index contributed by atoms with van der Waals surface area (Å²) in [5, 5.41) is 11.8. The van der Waals surface area contributed by atoms with E-state index in [1.807, 2.05) is 38.7 Å².